The molecule has 1 heterocycles. The highest BCUT2D eigenvalue weighted by Crippen LogP contribution is 2.37. The molecule has 0 aromatic heterocycles. The van der Waals surface area contributed by atoms with Gasteiger partial charge in [0.2, 0.25) is 0 Å². The van der Waals surface area contributed by atoms with E-state index in [1.54, 1.807) is 6.08 Å². The fraction of sp³-hybridized carbons (Fsp3) is 0.583. The Bertz CT molecular complexity index is 333. The first-order valence-electron chi connectivity index (χ1n) is 5.19. The highest BCUT2D eigenvalue weighted by molar-refractivity contribution is 9.28. The second-order valence-corrected chi connectivity index (χ2v) is 7.75. The first-order chi connectivity index (χ1) is 7.30. The van der Waals surface area contributed by atoms with Crippen molar-refractivity contribution in [1.29, 1.82) is 0 Å². The van der Waals surface area contributed by atoms with Crippen LogP contribution in [0, 0.1) is 11.3 Å². The van der Waals surface area contributed by atoms with Crippen LogP contribution in [0.5, 0.6) is 0 Å². The first-order valence-corrected chi connectivity index (χ1v) is 6.77. The molecule has 1 atom stereocenters. The summed E-state index contributed by atoms with van der Waals surface area (Å²) in [4.78, 5) is 11.1. The number of carbonyl (C=O) groups is 1. The summed E-state index contributed by atoms with van der Waals surface area (Å²) in [5, 5.41) is 0. The molecule has 1 aliphatic rings. The molecule has 1 aliphatic heterocycles. The number of cyclic esters (lactones) is 1. The van der Waals surface area contributed by atoms with Gasteiger partial charge in [0, 0.05) is 6.08 Å². The van der Waals surface area contributed by atoms with Crippen LogP contribution in [0.25, 0.3) is 0 Å². The minimum Gasteiger partial charge on any atom is -0.458 e. The second kappa shape index (κ2) is 5.50. The van der Waals surface area contributed by atoms with Crippen LogP contribution in [0.4, 0.5) is 0 Å². The monoisotopic (exact) mass is 350 g/mol. The van der Waals surface area contributed by atoms with Gasteiger partial charge in [-0.1, -0.05) is 26.8 Å². The Balaban J connectivity index is 2.84. The molecule has 0 aliphatic carbocycles. The van der Waals surface area contributed by atoms with E-state index in [9.17, 15) is 4.79 Å². The van der Waals surface area contributed by atoms with Crippen molar-refractivity contribution in [3.05, 3.63) is 21.1 Å². The Kier molecular flexibility index (Phi) is 4.80. The second-order valence-electron chi connectivity index (χ2n) is 4.98. The van der Waals surface area contributed by atoms with Crippen LogP contribution in [0.1, 0.15) is 27.2 Å². The van der Waals surface area contributed by atoms with Crippen LogP contribution in [0.2, 0.25) is 0 Å². The molecule has 0 radical (unpaired) electrons. The van der Waals surface area contributed by atoms with E-state index in [0.29, 0.717) is 12.5 Å². The largest absolute Gasteiger partial charge is 0.458 e. The lowest BCUT2D eigenvalue weighted by Gasteiger charge is -2.30. The van der Waals surface area contributed by atoms with Crippen molar-refractivity contribution in [2.75, 3.05) is 6.61 Å². The van der Waals surface area contributed by atoms with Gasteiger partial charge >= 0.3 is 5.97 Å². The molecule has 0 fully saturated rings. The van der Waals surface area contributed by atoms with Crippen LogP contribution >= 0.6 is 31.9 Å². The van der Waals surface area contributed by atoms with Crippen molar-refractivity contribution in [2.45, 2.75) is 27.2 Å². The topological polar surface area (TPSA) is 26.3 Å². The van der Waals surface area contributed by atoms with Crippen LogP contribution < -0.4 is 0 Å². The molecule has 0 saturated carbocycles. The normalized spacial score (nSPS) is 17.8. The number of ether oxygens (including phenoxy) is 1. The van der Waals surface area contributed by atoms with Crippen molar-refractivity contribution in [1.82, 2.24) is 0 Å². The Hall–Kier alpha value is -0.0900. The van der Waals surface area contributed by atoms with Gasteiger partial charge in [-0.05, 0) is 55.2 Å². The zero-order chi connectivity index (χ0) is 12.3. The molecule has 0 bridgehead atoms. The summed E-state index contributed by atoms with van der Waals surface area (Å²) in [5.41, 5.74) is 1.21. The Morgan fingerprint density at radius 3 is 2.56 bits per heavy atom. The van der Waals surface area contributed by atoms with Gasteiger partial charge in [-0.25, -0.2) is 4.79 Å². The van der Waals surface area contributed by atoms with Crippen LogP contribution in [-0.4, -0.2) is 12.6 Å². The Morgan fingerprint density at radius 1 is 1.56 bits per heavy atom. The molecular formula is C12H16Br2O2. The smallest absolute Gasteiger partial charge is 0.331 e. The summed E-state index contributed by atoms with van der Waals surface area (Å²) in [6, 6.07) is 0. The third kappa shape index (κ3) is 4.06. The lowest BCUT2D eigenvalue weighted by molar-refractivity contribution is -0.135. The number of carbonyl (C=O) groups excluding carboxylic acids is 1. The number of hydrogen-bond donors (Lipinski definition) is 0. The summed E-state index contributed by atoms with van der Waals surface area (Å²) in [6.07, 6.45) is 4.59. The van der Waals surface area contributed by atoms with E-state index in [4.69, 9.17) is 4.74 Å². The van der Waals surface area contributed by atoms with Gasteiger partial charge in [0.1, 0.15) is 6.61 Å². The van der Waals surface area contributed by atoms with E-state index >= 15 is 0 Å². The minimum absolute atomic E-state index is 0.117. The number of rotatable bonds is 3. The van der Waals surface area contributed by atoms with E-state index in [1.807, 2.05) is 0 Å². The van der Waals surface area contributed by atoms with Crippen molar-refractivity contribution in [2.24, 2.45) is 11.3 Å². The van der Waals surface area contributed by atoms with Gasteiger partial charge in [0.25, 0.3) is 0 Å². The average molecular weight is 352 g/mol. The number of halogens is 2. The van der Waals surface area contributed by atoms with Crippen molar-refractivity contribution in [3.63, 3.8) is 0 Å². The van der Waals surface area contributed by atoms with Gasteiger partial charge in [-0.3, -0.25) is 0 Å². The lowest BCUT2D eigenvalue weighted by atomic mass is 9.74. The van der Waals surface area contributed by atoms with E-state index in [2.05, 4.69) is 58.7 Å². The fourth-order valence-corrected chi connectivity index (χ4v) is 2.23. The van der Waals surface area contributed by atoms with Gasteiger partial charge in [0.15, 0.2) is 0 Å². The van der Waals surface area contributed by atoms with E-state index < -0.39 is 0 Å². The van der Waals surface area contributed by atoms with Gasteiger partial charge in [0.05, 0.1) is 3.39 Å². The quantitative estimate of drug-likeness (QED) is 0.714. The maximum absolute atomic E-state index is 11.1. The minimum atomic E-state index is -0.217. The predicted molar refractivity (Wildman–Crippen MR) is 72.5 cm³/mol. The van der Waals surface area contributed by atoms with Gasteiger partial charge in [-0.15, -0.1) is 0 Å². The summed E-state index contributed by atoms with van der Waals surface area (Å²) in [5.74, 6) is 0.107. The maximum Gasteiger partial charge on any atom is 0.331 e. The third-order valence-corrected chi connectivity index (χ3v) is 3.33. The molecule has 0 spiro atoms. The summed E-state index contributed by atoms with van der Waals surface area (Å²) >= 11 is 6.70. The molecular weight excluding hydrogens is 336 g/mol. The van der Waals surface area contributed by atoms with Crippen LogP contribution in [0.3, 0.4) is 0 Å². The number of allylic oxidation sites excluding steroid dienone is 1. The first kappa shape index (κ1) is 14.0. The van der Waals surface area contributed by atoms with Crippen molar-refractivity contribution in [3.8, 4) is 0 Å². The molecule has 0 N–H and O–H groups in total. The molecule has 0 aromatic carbocycles. The number of esters is 1. The predicted octanol–water partition coefficient (Wildman–Crippen LogP) is 4.15. The summed E-state index contributed by atoms with van der Waals surface area (Å²) < 4.78 is 5.92. The SMILES string of the molecule is CC(C)(C)C(CC=C(Br)Br)C1=CC(=O)OC1. The van der Waals surface area contributed by atoms with E-state index in [0.717, 1.165) is 15.4 Å². The average Bonchev–Trinajstić information content (AvgIpc) is 2.49. The van der Waals surface area contributed by atoms with Gasteiger partial charge < -0.3 is 4.74 Å². The van der Waals surface area contributed by atoms with Crippen molar-refractivity contribution < 1.29 is 9.53 Å². The molecule has 0 amide bonds. The lowest BCUT2D eigenvalue weighted by Crippen LogP contribution is -2.22. The number of hydrogen-bond acceptors (Lipinski definition) is 2. The highest BCUT2D eigenvalue weighted by atomic mass is 79.9. The standard InChI is InChI=1S/C12H16Br2O2/c1-12(2,3)9(4-5-10(13)14)8-6-11(15)16-7-8/h5-6,9H,4,7H2,1-3H3. The molecule has 16 heavy (non-hydrogen) atoms. The zero-order valence-corrected chi connectivity index (χ0v) is 12.9. The summed E-state index contributed by atoms with van der Waals surface area (Å²) in [6.45, 7) is 6.97. The zero-order valence-electron chi connectivity index (χ0n) is 9.72. The van der Waals surface area contributed by atoms with Gasteiger partial charge in [-0.2, -0.15) is 0 Å². The third-order valence-electron chi connectivity index (χ3n) is 2.69. The Morgan fingerprint density at radius 2 is 2.19 bits per heavy atom. The molecule has 1 unspecified atom stereocenters. The molecule has 0 saturated heterocycles. The fourth-order valence-electron chi connectivity index (χ4n) is 1.86. The molecule has 0 aromatic rings. The molecule has 1 rings (SSSR count). The Labute approximate surface area is 113 Å². The highest BCUT2D eigenvalue weighted by Gasteiger charge is 2.30. The maximum atomic E-state index is 11.1. The van der Waals surface area contributed by atoms with E-state index in [-0.39, 0.29) is 11.4 Å². The van der Waals surface area contributed by atoms with Crippen molar-refractivity contribution >= 4 is 37.8 Å². The van der Waals surface area contributed by atoms with E-state index in [1.165, 1.54) is 0 Å². The molecule has 4 heteroatoms. The molecule has 2 nitrogen and oxygen atoms in total. The molecule has 90 valence electrons. The van der Waals surface area contributed by atoms with Crippen LogP contribution in [-0.2, 0) is 9.53 Å². The summed E-state index contributed by atoms with van der Waals surface area (Å²) in [7, 11) is 0. The van der Waals surface area contributed by atoms with Crippen LogP contribution in [0.15, 0.2) is 21.1 Å².